The molecule has 1 aromatic rings. The van der Waals surface area contributed by atoms with Gasteiger partial charge in [-0.25, -0.2) is 4.79 Å². The molecule has 0 aromatic heterocycles. The van der Waals surface area contributed by atoms with Crippen LogP contribution in [-0.4, -0.2) is 24.3 Å². The van der Waals surface area contributed by atoms with E-state index in [9.17, 15) is 9.90 Å². The third-order valence-electron chi connectivity index (χ3n) is 3.48. The molecular formula is C18H26O4. The highest BCUT2D eigenvalue weighted by Crippen LogP contribution is 2.26. The molecule has 0 bridgehead atoms. The third kappa shape index (κ3) is 6.20. The lowest BCUT2D eigenvalue weighted by Crippen LogP contribution is -2.15. The highest BCUT2D eigenvalue weighted by atomic mass is 16.5. The largest absolute Gasteiger partial charge is 0.504 e. The van der Waals surface area contributed by atoms with Crippen molar-refractivity contribution in [2.24, 2.45) is 0 Å². The number of phenolic OH excluding ortho intramolecular Hbond substituents is 1. The van der Waals surface area contributed by atoms with Crippen LogP contribution in [0.2, 0.25) is 0 Å². The molecule has 4 heteroatoms. The Kier molecular flexibility index (Phi) is 8.11. The first kappa shape index (κ1) is 18.1. The number of methoxy groups -OCH3 is 1. The zero-order valence-electron chi connectivity index (χ0n) is 13.7. The first-order valence-corrected chi connectivity index (χ1v) is 7.86. The van der Waals surface area contributed by atoms with E-state index in [2.05, 4.69) is 6.92 Å². The second kappa shape index (κ2) is 9.87. The minimum absolute atomic E-state index is 0.0157. The van der Waals surface area contributed by atoms with E-state index in [1.54, 1.807) is 18.2 Å². The van der Waals surface area contributed by atoms with Crippen molar-refractivity contribution in [2.45, 2.75) is 52.1 Å². The Balaban J connectivity index is 2.55. The maximum absolute atomic E-state index is 11.9. The van der Waals surface area contributed by atoms with Gasteiger partial charge in [0, 0.05) is 6.08 Å². The van der Waals surface area contributed by atoms with Gasteiger partial charge in [0.15, 0.2) is 11.5 Å². The van der Waals surface area contributed by atoms with Gasteiger partial charge >= 0.3 is 5.97 Å². The molecule has 0 aliphatic heterocycles. The van der Waals surface area contributed by atoms with E-state index in [1.165, 1.54) is 19.3 Å². The molecule has 1 N–H and O–H groups in total. The minimum Gasteiger partial charge on any atom is -0.504 e. The lowest BCUT2D eigenvalue weighted by molar-refractivity contribution is -0.143. The lowest BCUT2D eigenvalue weighted by Gasteiger charge is -2.14. The molecule has 1 unspecified atom stereocenters. The van der Waals surface area contributed by atoms with Crippen LogP contribution in [-0.2, 0) is 9.53 Å². The van der Waals surface area contributed by atoms with Crippen LogP contribution in [0.1, 0.15) is 51.5 Å². The van der Waals surface area contributed by atoms with Gasteiger partial charge in [-0.3, -0.25) is 0 Å². The predicted molar refractivity (Wildman–Crippen MR) is 88.0 cm³/mol. The summed E-state index contributed by atoms with van der Waals surface area (Å²) in [7, 11) is 1.49. The zero-order valence-corrected chi connectivity index (χ0v) is 13.7. The number of esters is 1. The normalized spacial score (nSPS) is 12.3. The van der Waals surface area contributed by atoms with Crippen molar-refractivity contribution in [3.8, 4) is 11.5 Å². The maximum atomic E-state index is 11.9. The molecule has 0 radical (unpaired) electrons. The van der Waals surface area contributed by atoms with Crippen LogP contribution >= 0.6 is 0 Å². The molecule has 22 heavy (non-hydrogen) atoms. The van der Waals surface area contributed by atoms with E-state index in [1.807, 2.05) is 6.92 Å². The van der Waals surface area contributed by atoms with E-state index in [0.717, 1.165) is 37.7 Å². The van der Waals surface area contributed by atoms with Gasteiger partial charge < -0.3 is 14.6 Å². The average molecular weight is 306 g/mol. The first-order valence-electron chi connectivity index (χ1n) is 7.86. The summed E-state index contributed by atoms with van der Waals surface area (Å²) in [5.74, 6) is 0.112. The highest BCUT2D eigenvalue weighted by Gasteiger charge is 2.10. The van der Waals surface area contributed by atoms with Gasteiger partial charge in [0.25, 0.3) is 0 Å². The second-order valence-corrected chi connectivity index (χ2v) is 5.23. The first-order chi connectivity index (χ1) is 10.6. The topological polar surface area (TPSA) is 55.8 Å². The molecule has 4 nitrogen and oxygen atoms in total. The summed E-state index contributed by atoms with van der Waals surface area (Å²) < 4.78 is 10.5. The van der Waals surface area contributed by atoms with E-state index in [-0.39, 0.29) is 17.8 Å². The number of ether oxygens (including phenoxy) is 2. The lowest BCUT2D eigenvalue weighted by atomic mass is 10.1. The number of hydrogen-bond acceptors (Lipinski definition) is 4. The number of unbranched alkanes of at least 4 members (excludes halogenated alkanes) is 2. The smallest absolute Gasteiger partial charge is 0.331 e. The summed E-state index contributed by atoms with van der Waals surface area (Å²) >= 11 is 0. The Morgan fingerprint density at radius 3 is 2.73 bits per heavy atom. The van der Waals surface area contributed by atoms with Crippen LogP contribution in [0.4, 0.5) is 0 Å². The predicted octanol–water partition coefficient (Wildman–Crippen LogP) is 4.32. The molecule has 122 valence electrons. The number of carbonyl (C=O) groups is 1. The van der Waals surface area contributed by atoms with Crippen LogP contribution in [0.3, 0.4) is 0 Å². The summed E-state index contributed by atoms with van der Waals surface area (Å²) in [6.45, 7) is 4.18. The van der Waals surface area contributed by atoms with Crippen LogP contribution in [0.15, 0.2) is 24.3 Å². The van der Waals surface area contributed by atoms with E-state index in [4.69, 9.17) is 9.47 Å². The fourth-order valence-corrected chi connectivity index (χ4v) is 2.13. The van der Waals surface area contributed by atoms with E-state index < -0.39 is 0 Å². The van der Waals surface area contributed by atoms with Gasteiger partial charge in [-0.2, -0.15) is 0 Å². The fraction of sp³-hybridized carbons (Fsp3) is 0.500. The van der Waals surface area contributed by atoms with Crippen LogP contribution in [0.5, 0.6) is 11.5 Å². The number of hydrogen-bond donors (Lipinski definition) is 1. The SMILES string of the molecule is CCCCCC(CC)OC(=O)/C=C/c1ccc(O)c(OC)c1. The van der Waals surface area contributed by atoms with Gasteiger partial charge in [0.05, 0.1) is 7.11 Å². The molecule has 0 aliphatic carbocycles. The van der Waals surface area contributed by atoms with Gasteiger partial charge in [-0.05, 0) is 43.0 Å². The Morgan fingerprint density at radius 2 is 2.09 bits per heavy atom. The van der Waals surface area contributed by atoms with Crippen LogP contribution < -0.4 is 4.74 Å². The van der Waals surface area contributed by atoms with Crippen molar-refractivity contribution in [1.29, 1.82) is 0 Å². The zero-order chi connectivity index (χ0) is 16.4. The van der Waals surface area contributed by atoms with E-state index >= 15 is 0 Å². The second-order valence-electron chi connectivity index (χ2n) is 5.23. The fourth-order valence-electron chi connectivity index (χ4n) is 2.13. The quantitative estimate of drug-likeness (QED) is 0.419. The molecule has 0 heterocycles. The Labute approximate surface area is 132 Å². The Hall–Kier alpha value is -1.97. The molecule has 0 amide bonds. The van der Waals surface area contributed by atoms with Crippen molar-refractivity contribution in [3.63, 3.8) is 0 Å². The van der Waals surface area contributed by atoms with Gasteiger partial charge in [-0.1, -0.05) is 32.8 Å². The van der Waals surface area contributed by atoms with Crippen molar-refractivity contribution in [2.75, 3.05) is 7.11 Å². The molecule has 1 rings (SSSR count). The molecule has 0 saturated heterocycles. The van der Waals surface area contributed by atoms with Crippen LogP contribution in [0.25, 0.3) is 6.08 Å². The average Bonchev–Trinajstić information content (AvgIpc) is 2.53. The van der Waals surface area contributed by atoms with Gasteiger partial charge in [0.2, 0.25) is 0 Å². The summed E-state index contributed by atoms with van der Waals surface area (Å²) in [5.41, 5.74) is 0.769. The number of aromatic hydroxyl groups is 1. The highest BCUT2D eigenvalue weighted by molar-refractivity contribution is 5.87. The molecule has 1 atom stereocenters. The maximum Gasteiger partial charge on any atom is 0.331 e. The number of phenols is 1. The molecular weight excluding hydrogens is 280 g/mol. The number of carbonyl (C=O) groups excluding carboxylic acids is 1. The monoisotopic (exact) mass is 306 g/mol. The van der Waals surface area contributed by atoms with Crippen molar-refractivity contribution >= 4 is 12.0 Å². The summed E-state index contributed by atoms with van der Waals surface area (Å²) in [6, 6.07) is 4.90. The van der Waals surface area contributed by atoms with Crippen molar-refractivity contribution in [3.05, 3.63) is 29.8 Å². The van der Waals surface area contributed by atoms with Gasteiger partial charge in [0.1, 0.15) is 6.10 Å². The Morgan fingerprint density at radius 1 is 1.32 bits per heavy atom. The molecule has 0 spiro atoms. The summed E-state index contributed by atoms with van der Waals surface area (Å²) in [6.07, 6.45) is 8.20. The summed E-state index contributed by atoms with van der Waals surface area (Å²) in [4.78, 5) is 11.9. The number of rotatable bonds is 9. The summed E-state index contributed by atoms with van der Waals surface area (Å²) in [5, 5.41) is 9.53. The molecule has 0 fully saturated rings. The number of benzene rings is 1. The molecule has 1 aromatic carbocycles. The minimum atomic E-state index is -0.338. The van der Waals surface area contributed by atoms with Crippen molar-refractivity contribution in [1.82, 2.24) is 0 Å². The third-order valence-corrected chi connectivity index (χ3v) is 3.48. The molecule has 0 saturated carbocycles. The van der Waals surface area contributed by atoms with Crippen LogP contribution in [0, 0.1) is 0 Å². The van der Waals surface area contributed by atoms with Gasteiger partial charge in [-0.15, -0.1) is 0 Å². The molecule has 0 aliphatic rings. The van der Waals surface area contributed by atoms with E-state index in [0.29, 0.717) is 5.75 Å². The Bertz CT molecular complexity index is 494. The standard InChI is InChI=1S/C18H26O4/c1-4-6-7-8-15(5-2)22-18(20)12-10-14-9-11-16(19)17(13-14)21-3/h9-13,15,19H,4-8H2,1-3H3/b12-10+. The van der Waals surface area contributed by atoms with Crippen molar-refractivity contribution < 1.29 is 19.4 Å².